The van der Waals surface area contributed by atoms with Gasteiger partial charge in [0.1, 0.15) is 12.1 Å². The van der Waals surface area contributed by atoms with Crippen LogP contribution in [0.1, 0.15) is 47.3 Å². The van der Waals surface area contributed by atoms with Crippen LogP contribution in [0.5, 0.6) is 0 Å². The Bertz CT molecular complexity index is 1130. The van der Waals surface area contributed by atoms with Gasteiger partial charge in [-0.25, -0.2) is 9.37 Å². The number of benzene rings is 2. The third kappa shape index (κ3) is 6.76. The molecule has 0 spiro atoms. The molecule has 1 aliphatic rings. The monoisotopic (exact) mass is 479 g/mol. The summed E-state index contributed by atoms with van der Waals surface area (Å²) >= 11 is 0. The molecule has 8 heteroatoms. The number of carbonyl (C=O) groups is 2. The van der Waals surface area contributed by atoms with E-state index < -0.39 is 0 Å². The summed E-state index contributed by atoms with van der Waals surface area (Å²) < 4.78 is 24.5. The molecule has 2 heterocycles. The summed E-state index contributed by atoms with van der Waals surface area (Å²) in [4.78, 5) is 33.1. The first kappa shape index (κ1) is 24.6. The van der Waals surface area contributed by atoms with Gasteiger partial charge in [-0.3, -0.25) is 14.5 Å². The highest BCUT2D eigenvalue weighted by Crippen LogP contribution is 2.21. The molecule has 1 saturated heterocycles. The van der Waals surface area contributed by atoms with E-state index in [1.54, 1.807) is 17.9 Å². The Balaban J connectivity index is 1.40. The van der Waals surface area contributed by atoms with Crippen molar-refractivity contribution < 1.29 is 23.1 Å². The molecular weight excluding hydrogens is 449 g/mol. The van der Waals surface area contributed by atoms with E-state index in [-0.39, 0.29) is 29.3 Å². The van der Waals surface area contributed by atoms with Crippen molar-refractivity contribution in [1.29, 1.82) is 0 Å². The molecule has 35 heavy (non-hydrogen) atoms. The molecule has 1 aromatic heterocycles. The molecule has 4 rings (SSSR count). The Kier molecular flexibility index (Phi) is 8.26. The number of halogens is 1. The number of rotatable bonds is 9. The van der Waals surface area contributed by atoms with E-state index in [1.165, 1.54) is 18.4 Å². The van der Waals surface area contributed by atoms with Gasteiger partial charge in [0.25, 0.3) is 5.91 Å². The van der Waals surface area contributed by atoms with Gasteiger partial charge in [0.15, 0.2) is 5.69 Å². The van der Waals surface area contributed by atoms with E-state index in [0.717, 1.165) is 11.1 Å². The van der Waals surface area contributed by atoms with Gasteiger partial charge in [-0.1, -0.05) is 42.5 Å². The third-order valence-electron chi connectivity index (χ3n) is 6.08. The number of aromatic nitrogens is 1. The maximum Gasteiger partial charge on any atom is 0.309 e. The van der Waals surface area contributed by atoms with Crippen molar-refractivity contribution in [3.05, 3.63) is 89.4 Å². The number of likely N-dealkylation sites (tertiary alicyclic amines) is 1. The number of carbonyl (C=O) groups excluding carboxylic acids is 2. The molecule has 3 aromatic rings. The topological polar surface area (TPSA) is 75.9 Å². The van der Waals surface area contributed by atoms with Gasteiger partial charge in [-0.15, -0.1) is 0 Å². The molecular formula is C27H30FN3O4. The Morgan fingerprint density at radius 3 is 2.49 bits per heavy atom. The second-order valence-electron chi connectivity index (χ2n) is 8.71. The van der Waals surface area contributed by atoms with E-state index in [4.69, 9.17) is 9.15 Å². The highest BCUT2D eigenvalue weighted by molar-refractivity contribution is 5.92. The van der Waals surface area contributed by atoms with Crippen molar-refractivity contribution in [2.75, 3.05) is 19.7 Å². The molecule has 0 atom stereocenters. The predicted molar refractivity (Wildman–Crippen MR) is 128 cm³/mol. The maximum atomic E-state index is 13.7. The second-order valence-corrected chi connectivity index (χ2v) is 8.71. The molecule has 1 amide bonds. The first-order valence-corrected chi connectivity index (χ1v) is 11.9. The quantitative estimate of drug-likeness (QED) is 0.423. The molecule has 1 aliphatic heterocycles. The van der Waals surface area contributed by atoms with Crippen LogP contribution in [0.4, 0.5) is 4.39 Å². The van der Waals surface area contributed by atoms with Crippen molar-refractivity contribution in [1.82, 2.24) is 14.8 Å². The molecule has 0 unspecified atom stereocenters. The summed E-state index contributed by atoms with van der Waals surface area (Å²) in [5, 5.41) is 0. The minimum Gasteiger partial charge on any atom is -0.466 e. The molecule has 2 aromatic carbocycles. The van der Waals surface area contributed by atoms with E-state index in [0.29, 0.717) is 58.1 Å². The smallest absolute Gasteiger partial charge is 0.309 e. The number of hydrogen-bond donors (Lipinski definition) is 0. The number of piperidine rings is 1. The van der Waals surface area contributed by atoms with Crippen LogP contribution in [0, 0.1) is 11.7 Å². The second kappa shape index (κ2) is 11.8. The molecule has 0 bridgehead atoms. The van der Waals surface area contributed by atoms with Crippen LogP contribution in [-0.2, 0) is 29.2 Å². The third-order valence-corrected chi connectivity index (χ3v) is 6.08. The van der Waals surface area contributed by atoms with E-state index in [2.05, 4.69) is 9.88 Å². The highest BCUT2D eigenvalue weighted by atomic mass is 19.1. The van der Waals surface area contributed by atoms with Gasteiger partial charge < -0.3 is 14.1 Å². The van der Waals surface area contributed by atoms with Crippen LogP contribution in [0.15, 0.2) is 65.3 Å². The van der Waals surface area contributed by atoms with E-state index in [1.807, 2.05) is 36.4 Å². The first-order valence-electron chi connectivity index (χ1n) is 11.9. The fraction of sp³-hybridized carbons (Fsp3) is 0.370. The minimum absolute atomic E-state index is 0.166. The fourth-order valence-electron chi connectivity index (χ4n) is 4.32. The lowest BCUT2D eigenvalue weighted by molar-refractivity contribution is -0.149. The largest absolute Gasteiger partial charge is 0.466 e. The van der Waals surface area contributed by atoms with Gasteiger partial charge in [0.05, 0.1) is 19.1 Å². The summed E-state index contributed by atoms with van der Waals surface area (Å²) in [5.74, 6) is -0.427. The average molecular weight is 480 g/mol. The normalized spacial score (nSPS) is 14.3. The van der Waals surface area contributed by atoms with E-state index in [9.17, 15) is 14.0 Å². The maximum absolute atomic E-state index is 13.7. The zero-order valence-corrected chi connectivity index (χ0v) is 19.9. The Morgan fingerprint density at radius 1 is 1.06 bits per heavy atom. The van der Waals surface area contributed by atoms with Gasteiger partial charge in [-0.05, 0) is 43.0 Å². The molecule has 7 nitrogen and oxygen atoms in total. The van der Waals surface area contributed by atoms with Crippen LogP contribution in [-0.4, -0.2) is 46.4 Å². The summed E-state index contributed by atoms with van der Waals surface area (Å²) in [6.07, 6.45) is 2.54. The van der Waals surface area contributed by atoms with Crippen LogP contribution in [0.3, 0.4) is 0 Å². The number of amides is 1. The van der Waals surface area contributed by atoms with Gasteiger partial charge in [0.2, 0.25) is 5.89 Å². The number of nitrogens with zero attached hydrogens (tertiary/aromatic N) is 3. The van der Waals surface area contributed by atoms with Crippen LogP contribution >= 0.6 is 0 Å². The molecule has 0 radical (unpaired) electrons. The first-order chi connectivity index (χ1) is 17.0. The number of oxazole rings is 1. The highest BCUT2D eigenvalue weighted by Gasteiger charge is 2.30. The Hall–Kier alpha value is -3.52. The SMILES string of the molecule is CCOC(=O)C1CCN(C(=O)c2coc(CN(Cc3ccccc3)Cc3cccc(F)c3)n2)CC1. The molecule has 0 N–H and O–H groups in total. The van der Waals surface area contributed by atoms with Crippen molar-refractivity contribution in [3.8, 4) is 0 Å². The Labute approximate surface area is 204 Å². The van der Waals surface area contributed by atoms with Crippen LogP contribution in [0.25, 0.3) is 0 Å². The van der Waals surface area contributed by atoms with Gasteiger partial charge in [0, 0.05) is 26.2 Å². The predicted octanol–water partition coefficient (Wildman–Crippen LogP) is 4.43. The summed E-state index contributed by atoms with van der Waals surface area (Å²) in [5.41, 5.74) is 2.20. The van der Waals surface area contributed by atoms with Crippen molar-refractivity contribution >= 4 is 11.9 Å². The molecule has 0 aliphatic carbocycles. The van der Waals surface area contributed by atoms with E-state index >= 15 is 0 Å². The van der Waals surface area contributed by atoms with Crippen LogP contribution < -0.4 is 0 Å². The molecule has 0 saturated carbocycles. The van der Waals surface area contributed by atoms with Crippen LogP contribution in [0.2, 0.25) is 0 Å². The zero-order chi connectivity index (χ0) is 24.6. The lowest BCUT2D eigenvalue weighted by Gasteiger charge is -2.30. The summed E-state index contributed by atoms with van der Waals surface area (Å²) in [7, 11) is 0. The lowest BCUT2D eigenvalue weighted by atomic mass is 9.97. The number of esters is 1. The standard InChI is InChI=1S/C27H30FN3O4/c1-2-34-27(33)22-11-13-31(14-12-22)26(32)24-19-35-25(29-24)18-30(16-20-7-4-3-5-8-20)17-21-9-6-10-23(28)15-21/h3-10,15,19,22H,2,11-14,16-18H2,1H3. The zero-order valence-electron chi connectivity index (χ0n) is 19.9. The minimum atomic E-state index is -0.280. The average Bonchev–Trinajstić information content (AvgIpc) is 3.33. The van der Waals surface area contributed by atoms with Gasteiger partial charge >= 0.3 is 5.97 Å². The lowest BCUT2D eigenvalue weighted by Crippen LogP contribution is -2.40. The summed E-state index contributed by atoms with van der Waals surface area (Å²) in [6.45, 7) is 4.58. The van der Waals surface area contributed by atoms with Crippen molar-refractivity contribution in [3.63, 3.8) is 0 Å². The molecule has 184 valence electrons. The van der Waals surface area contributed by atoms with Crippen molar-refractivity contribution in [2.45, 2.75) is 39.4 Å². The Morgan fingerprint density at radius 2 is 1.77 bits per heavy atom. The van der Waals surface area contributed by atoms with Crippen molar-refractivity contribution in [2.24, 2.45) is 5.92 Å². The number of ether oxygens (including phenoxy) is 1. The fourth-order valence-corrected chi connectivity index (χ4v) is 4.32. The molecule has 1 fully saturated rings. The number of hydrogen-bond acceptors (Lipinski definition) is 6. The summed E-state index contributed by atoms with van der Waals surface area (Å²) in [6, 6.07) is 16.5. The van der Waals surface area contributed by atoms with Gasteiger partial charge in [-0.2, -0.15) is 0 Å².